The molecule has 2 aliphatic rings. The van der Waals surface area contributed by atoms with Crippen molar-refractivity contribution in [1.82, 2.24) is 10.6 Å². The zero-order valence-electron chi connectivity index (χ0n) is 15.3. The van der Waals surface area contributed by atoms with Gasteiger partial charge in [0, 0.05) is 6.54 Å². The summed E-state index contributed by atoms with van der Waals surface area (Å²) in [5.74, 6) is 1.56. The van der Waals surface area contributed by atoms with Crippen molar-refractivity contribution in [2.75, 3.05) is 19.6 Å². The van der Waals surface area contributed by atoms with Gasteiger partial charge in [0.25, 0.3) is 5.91 Å². The van der Waals surface area contributed by atoms with Crippen LogP contribution in [0.25, 0.3) is 0 Å². The van der Waals surface area contributed by atoms with Crippen LogP contribution >= 0.6 is 0 Å². The molecule has 1 heterocycles. The molecule has 2 atom stereocenters. The molecule has 2 fully saturated rings. The number of nitrogens with one attached hydrogen (secondary N) is 2. The van der Waals surface area contributed by atoms with Crippen molar-refractivity contribution in [1.29, 1.82) is 0 Å². The van der Waals surface area contributed by atoms with Gasteiger partial charge in [0.2, 0.25) is 0 Å². The molecule has 26 heavy (non-hydrogen) atoms. The van der Waals surface area contributed by atoms with Crippen LogP contribution in [-0.4, -0.2) is 30.6 Å². The summed E-state index contributed by atoms with van der Waals surface area (Å²) in [4.78, 5) is 13.2. The van der Waals surface area contributed by atoms with Gasteiger partial charge in [-0.25, -0.2) is 0 Å². The molecule has 1 aliphatic heterocycles. The number of piperidine rings is 1. The van der Waals surface area contributed by atoms with Crippen molar-refractivity contribution in [3.8, 4) is 0 Å². The summed E-state index contributed by atoms with van der Waals surface area (Å²) in [5.41, 5.74) is 1.57. The van der Waals surface area contributed by atoms with Crippen LogP contribution in [0.4, 0.5) is 0 Å². The molecular formula is C22H26N2O2. The maximum Gasteiger partial charge on any atom is 0.261 e. The van der Waals surface area contributed by atoms with Crippen LogP contribution in [-0.2, 0) is 10.4 Å². The molecule has 0 radical (unpaired) electrons. The Kier molecular flexibility index (Phi) is 4.33. The van der Waals surface area contributed by atoms with Crippen molar-refractivity contribution in [2.24, 2.45) is 17.8 Å². The van der Waals surface area contributed by atoms with Crippen LogP contribution in [0.15, 0.2) is 48.5 Å². The molecule has 0 spiro atoms. The Morgan fingerprint density at radius 3 is 2.12 bits per heavy atom. The number of carbonyl (C=O) groups excluding carboxylic acids is 1. The molecule has 4 nitrogen and oxygen atoms in total. The SMILES string of the molecule is Cc1cccc(C(O)(C(=O)NCC2C3CNCC32)c2cccc(C)c2)c1. The van der Waals surface area contributed by atoms with Crippen molar-refractivity contribution < 1.29 is 9.90 Å². The van der Waals surface area contributed by atoms with E-state index in [1.807, 2.05) is 62.4 Å². The number of hydrogen-bond donors (Lipinski definition) is 3. The van der Waals surface area contributed by atoms with E-state index in [4.69, 9.17) is 0 Å². The average molecular weight is 350 g/mol. The lowest BCUT2D eigenvalue weighted by Crippen LogP contribution is -2.46. The Bertz CT molecular complexity index is 777. The van der Waals surface area contributed by atoms with Crippen molar-refractivity contribution in [2.45, 2.75) is 19.4 Å². The van der Waals surface area contributed by atoms with Gasteiger partial charge in [-0.3, -0.25) is 4.79 Å². The molecule has 2 unspecified atom stereocenters. The second-order valence-corrected chi connectivity index (χ2v) is 7.81. The van der Waals surface area contributed by atoms with E-state index >= 15 is 0 Å². The van der Waals surface area contributed by atoms with Gasteiger partial charge in [0.1, 0.15) is 0 Å². The molecular weight excluding hydrogens is 324 g/mol. The third kappa shape index (κ3) is 2.93. The van der Waals surface area contributed by atoms with Gasteiger partial charge >= 0.3 is 0 Å². The van der Waals surface area contributed by atoms with Gasteiger partial charge in [-0.2, -0.15) is 0 Å². The Balaban J connectivity index is 1.62. The van der Waals surface area contributed by atoms with E-state index in [2.05, 4.69) is 10.6 Å². The summed E-state index contributed by atoms with van der Waals surface area (Å²) in [7, 11) is 0. The van der Waals surface area contributed by atoms with Gasteiger partial charge in [0.05, 0.1) is 0 Å². The molecule has 1 aliphatic carbocycles. The van der Waals surface area contributed by atoms with E-state index in [0.29, 0.717) is 35.4 Å². The fourth-order valence-corrected chi connectivity index (χ4v) is 4.36. The van der Waals surface area contributed by atoms with Crippen LogP contribution in [0, 0.1) is 31.6 Å². The van der Waals surface area contributed by atoms with Gasteiger partial charge in [-0.05, 0) is 55.8 Å². The molecule has 0 aromatic heterocycles. The highest BCUT2D eigenvalue weighted by atomic mass is 16.3. The number of rotatable bonds is 5. The maximum absolute atomic E-state index is 13.2. The van der Waals surface area contributed by atoms with Crippen LogP contribution in [0.2, 0.25) is 0 Å². The van der Waals surface area contributed by atoms with E-state index in [1.165, 1.54) is 0 Å². The topological polar surface area (TPSA) is 61.4 Å². The predicted octanol–water partition coefficient (Wildman–Crippen LogP) is 2.12. The lowest BCUT2D eigenvalue weighted by Gasteiger charge is -2.29. The minimum Gasteiger partial charge on any atom is -0.372 e. The van der Waals surface area contributed by atoms with Crippen LogP contribution < -0.4 is 10.6 Å². The highest BCUT2D eigenvalue weighted by Crippen LogP contribution is 2.48. The number of hydrogen-bond acceptors (Lipinski definition) is 3. The quantitative estimate of drug-likeness (QED) is 0.774. The summed E-state index contributed by atoms with van der Waals surface area (Å²) in [5, 5.41) is 18.0. The third-order valence-electron chi connectivity index (χ3n) is 5.97. The molecule has 0 bridgehead atoms. The van der Waals surface area contributed by atoms with E-state index in [-0.39, 0.29) is 5.91 Å². The van der Waals surface area contributed by atoms with Crippen molar-refractivity contribution >= 4 is 5.91 Å². The largest absolute Gasteiger partial charge is 0.372 e. The number of aliphatic hydroxyl groups is 1. The summed E-state index contributed by atoms with van der Waals surface area (Å²) in [6.07, 6.45) is 0. The lowest BCUT2D eigenvalue weighted by atomic mass is 9.84. The molecule has 2 aromatic carbocycles. The maximum atomic E-state index is 13.2. The minimum absolute atomic E-state index is 0.341. The number of benzene rings is 2. The zero-order valence-corrected chi connectivity index (χ0v) is 15.3. The standard InChI is InChI=1S/C22H26N2O2/c1-14-5-3-7-16(9-14)22(26,17-8-4-6-15(2)10-17)21(25)24-13-20-18-11-23-12-19(18)20/h3-10,18-20,23,26H,11-13H2,1-2H3,(H,24,25). The number of aryl methyl sites for hydroxylation is 2. The normalized spacial score (nSPS) is 24.2. The first-order valence-electron chi connectivity index (χ1n) is 9.36. The number of fused-ring (bicyclic) bond motifs is 1. The number of carbonyl (C=O) groups is 1. The van der Waals surface area contributed by atoms with Gasteiger partial charge in [0.15, 0.2) is 5.60 Å². The van der Waals surface area contributed by atoms with Gasteiger partial charge in [-0.15, -0.1) is 0 Å². The van der Waals surface area contributed by atoms with Crippen LogP contribution in [0.3, 0.4) is 0 Å². The third-order valence-corrected chi connectivity index (χ3v) is 5.97. The summed E-state index contributed by atoms with van der Waals surface area (Å²) < 4.78 is 0. The zero-order chi connectivity index (χ0) is 18.3. The van der Waals surface area contributed by atoms with Gasteiger partial charge in [-0.1, -0.05) is 59.7 Å². The van der Waals surface area contributed by atoms with Crippen molar-refractivity contribution in [3.63, 3.8) is 0 Å². The second-order valence-electron chi connectivity index (χ2n) is 7.81. The Hall–Kier alpha value is -2.17. The predicted molar refractivity (Wildman–Crippen MR) is 102 cm³/mol. The summed E-state index contributed by atoms with van der Waals surface area (Å²) in [6, 6.07) is 15.1. The van der Waals surface area contributed by atoms with Crippen LogP contribution in [0.1, 0.15) is 22.3 Å². The number of amides is 1. The first-order chi connectivity index (χ1) is 12.5. The fraction of sp³-hybridized carbons (Fsp3) is 0.409. The monoisotopic (exact) mass is 350 g/mol. The van der Waals surface area contributed by atoms with Crippen LogP contribution in [0.5, 0.6) is 0 Å². The minimum atomic E-state index is -1.68. The smallest absolute Gasteiger partial charge is 0.261 e. The summed E-state index contributed by atoms with van der Waals surface area (Å²) >= 11 is 0. The first-order valence-corrected chi connectivity index (χ1v) is 9.36. The molecule has 2 aromatic rings. The van der Waals surface area contributed by atoms with E-state index in [9.17, 15) is 9.90 Å². The molecule has 4 rings (SSSR count). The fourth-order valence-electron chi connectivity index (χ4n) is 4.36. The molecule has 1 saturated heterocycles. The van der Waals surface area contributed by atoms with E-state index in [1.54, 1.807) is 0 Å². The average Bonchev–Trinajstić information content (AvgIpc) is 3.06. The van der Waals surface area contributed by atoms with Gasteiger partial charge < -0.3 is 15.7 Å². The van der Waals surface area contributed by atoms with E-state index < -0.39 is 5.60 Å². The summed E-state index contributed by atoms with van der Waals surface area (Å²) in [6.45, 7) is 6.67. The molecule has 136 valence electrons. The molecule has 4 heteroatoms. The van der Waals surface area contributed by atoms with E-state index in [0.717, 1.165) is 24.2 Å². The highest BCUT2D eigenvalue weighted by molar-refractivity contribution is 5.90. The highest BCUT2D eigenvalue weighted by Gasteiger charge is 2.53. The molecule has 1 amide bonds. The second kappa shape index (κ2) is 6.53. The first kappa shape index (κ1) is 17.3. The Morgan fingerprint density at radius 1 is 1.08 bits per heavy atom. The molecule has 3 N–H and O–H groups in total. The molecule has 1 saturated carbocycles. The Morgan fingerprint density at radius 2 is 1.62 bits per heavy atom. The lowest BCUT2D eigenvalue weighted by molar-refractivity contribution is -0.136. The van der Waals surface area contributed by atoms with Crippen molar-refractivity contribution in [3.05, 3.63) is 70.8 Å². The Labute approximate surface area is 154 Å².